The highest BCUT2D eigenvalue weighted by atomic mass is 35.5. The van der Waals surface area contributed by atoms with E-state index in [-0.39, 0.29) is 0 Å². The Kier molecular flexibility index (Phi) is 4.33. The van der Waals surface area contributed by atoms with Gasteiger partial charge in [-0.05, 0) is 42.9 Å². The van der Waals surface area contributed by atoms with Crippen LogP contribution in [0.25, 0.3) is 0 Å². The summed E-state index contributed by atoms with van der Waals surface area (Å²) in [5, 5.41) is 0. The number of benzene rings is 1. The average Bonchev–Trinajstić information content (AvgIpc) is 2.38. The molecule has 1 heterocycles. The minimum Gasteiger partial charge on any atom is -0.371 e. The van der Waals surface area contributed by atoms with Crippen molar-refractivity contribution in [1.82, 2.24) is 0 Å². The molecule has 1 unspecified atom stereocenters. The third kappa shape index (κ3) is 2.95. The van der Waals surface area contributed by atoms with Gasteiger partial charge >= 0.3 is 0 Å². The van der Waals surface area contributed by atoms with Gasteiger partial charge in [0.1, 0.15) is 0 Å². The maximum atomic E-state index is 5.87. The van der Waals surface area contributed by atoms with E-state index < -0.39 is 0 Å². The first-order valence-corrected chi connectivity index (χ1v) is 7.18. The van der Waals surface area contributed by atoms with Gasteiger partial charge in [0.05, 0.1) is 0 Å². The van der Waals surface area contributed by atoms with Crippen LogP contribution in [0.15, 0.2) is 18.2 Å². The molecular weight excluding hydrogens is 230 g/mol. The first kappa shape index (κ1) is 12.8. The summed E-state index contributed by atoms with van der Waals surface area (Å²) in [5.74, 6) is 1.48. The minimum atomic E-state index is 0.610. The number of alkyl halides is 1. The van der Waals surface area contributed by atoms with E-state index in [1.54, 1.807) is 0 Å². The van der Waals surface area contributed by atoms with Crippen LogP contribution in [-0.4, -0.2) is 13.1 Å². The Balaban J connectivity index is 2.16. The van der Waals surface area contributed by atoms with Gasteiger partial charge in [-0.2, -0.15) is 0 Å². The van der Waals surface area contributed by atoms with E-state index in [4.69, 9.17) is 11.6 Å². The van der Waals surface area contributed by atoms with Crippen LogP contribution in [0.1, 0.15) is 37.3 Å². The van der Waals surface area contributed by atoms with Gasteiger partial charge in [0, 0.05) is 24.7 Å². The average molecular weight is 252 g/mol. The quantitative estimate of drug-likeness (QED) is 0.722. The van der Waals surface area contributed by atoms with Crippen molar-refractivity contribution in [3.63, 3.8) is 0 Å². The third-order valence-electron chi connectivity index (χ3n) is 3.85. The Labute approximate surface area is 110 Å². The molecule has 0 aliphatic carbocycles. The second-order valence-electron chi connectivity index (χ2n) is 5.12. The fourth-order valence-corrected chi connectivity index (χ4v) is 2.94. The number of piperidine rings is 1. The predicted molar refractivity (Wildman–Crippen MR) is 76.0 cm³/mol. The second kappa shape index (κ2) is 5.77. The van der Waals surface area contributed by atoms with Crippen molar-refractivity contribution >= 4 is 17.3 Å². The molecule has 0 radical (unpaired) electrons. The number of rotatable bonds is 3. The maximum Gasteiger partial charge on any atom is 0.0474 e. The molecule has 1 aromatic rings. The smallest absolute Gasteiger partial charge is 0.0474 e. The van der Waals surface area contributed by atoms with E-state index >= 15 is 0 Å². The summed E-state index contributed by atoms with van der Waals surface area (Å²) in [6.07, 6.45) is 4.02. The molecule has 0 aromatic heterocycles. The SMILES string of the molecule is CCC1CCCN(c2ccc(CCl)cc2C)C1. The van der Waals surface area contributed by atoms with Crippen molar-refractivity contribution < 1.29 is 0 Å². The molecule has 17 heavy (non-hydrogen) atoms. The zero-order chi connectivity index (χ0) is 12.3. The monoisotopic (exact) mass is 251 g/mol. The van der Waals surface area contributed by atoms with Crippen LogP contribution < -0.4 is 4.90 Å². The molecule has 0 saturated carbocycles. The number of nitrogens with zero attached hydrogens (tertiary/aromatic N) is 1. The molecule has 0 spiro atoms. The van der Waals surface area contributed by atoms with Crippen molar-refractivity contribution in [2.24, 2.45) is 5.92 Å². The fourth-order valence-electron chi connectivity index (χ4n) is 2.77. The van der Waals surface area contributed by atoms with Crippen molar-refractivity contribution in [1.29, 1.82) is 0 Å². The lowest BCUT2D eigenvalue weighted by molar-refractivity contribution is 0.404. The molecule has 1 aliphatic heterocycles. The summed E-state index contributed by atoms with van der Waals surface area (Å²) in [7, 11) is 0. The Morgan fingerprint density at radius 2 is 2.24 bits per heavy atom. The second-order valence-corrected chi connectivity index (χ2v) is 5.38. The Morgan fingerprint density at radius 3 is 2.88 bits per heavy atom. The third-order valence-corrected chi connectivity index (χ3v) is 4.16. The van der Waals surface area contributed by atoms with Gasteiger partial charge in [0.2, 0.25) is 0 Å². The molecular formula is C15H22ClN. The first-order chi connectivity index (χ1) is 8.24. The molecule has 0 bridgehead atoms. The summed E-state index contributed by atoms with van der Waals surface area (Å²) in [5.41, 5.74) is 3.98. The number of hydrogen-bond acceptors (Lipinski definition) is 1. The van der Waals surface area contributed by atoms with Crippen LogP contribution >= 0.6 is 11.6 Å². The molecule has 1 fully saturated rings. The van der Waals surface area contributed by atoms with E-state index in [1.165, 1.54) is 49.2 Å². The number of anilines is 1. The topological polar surface area (TPSA) is 3.24 Å². The normalized spacial score (nSPS) is 20.6. The van der Waals surface area contributed by atoms with E-state index in [0.29, 0.717) is 5.88 Å². The van der Waals surface area contributed by atoms with Crippen LogP contribution in [0.2, 0.25) is 0 Å². The van der Waals surface area contributed by atoms with Crippen molar-refractivity contribution in [3.8, 4) is 0 Å². The lowest BCUT2D eigenvalue weighted by atomic mass is 9.94. The van der Waals surface area contributed by atoms with Crippen LogP contribution in [-0.2, 0) is 5.88 Å². The molecule has 1 atom stereocenters. The Bertz CT molecular complexity index is 375. The van der Waals surface area contributed by atoms with E-state index in [9.17, 15) is 0 Å². The molecule has 1 aliphatic rings. The predicted octanol–water partition coefficient (Wildman–Crippen LogP) is 4.36. The summed E-state index contributed by atoms with van der Waals surface area (Å²) < 4.78 is 0. The summed E-state index contributed by atoms with van der Waals surface area (Å²) in [6, 6.07) is 6.62. The lowest BCUT2D eigenvalue weighted by Gasteiger charge is -2.35. The van der Waals surface area contributed by atoms with Gasteiger partial charge < -0.3 is 4.90 Å². The molecule has 2 heteroatoms. The molecule has 0 amide bonds. The maximum absolute atomic E-state index is 5.87. The minimum absolute atomic E-state index is 0.610. The van der Waals surface area contributed by atoms with Crippen molar-refractivity contribution in [3.05, 3.63) is 29.3 Å². The molecule has 0 N–H and O–H groups in total. The fraction of sp³-hybridized carbons (Fsp3) is 0.600. The largest absolute Gasteiger partial charge is 0.371 e. The van der Waals surface area contributed by atoms with E-state index in [1.807, 2.05) is 0 Å². The van der Waals surface area contributed by atoms with Crippen LogP contribution in [0, 0.1) is 12.8 Å². The van der Waals surface area contributed by atoms with Gasteiger partial charge in [0.25, 0.3) is 0 Å². The summed E-state index contributed by atoms with van der Waals surface area (Å²) >= 11 is 5.87. The molecule has 1 saturated heterocycles. The standard InChI is InChI=1S/C15H22ClN/c1-3-13-5-4-8-17(11-13)15-7-6-14(10-16)9-12(15)2/h6-7,9,13H,3-5,8,10-11H2,1-2H3. The van der Waals surface area contributed by atoms with E-state index in [2.05, 4.69) is 36.9 Å². The lowest BCUT2D eigenvalue weighted by Crippen LogP contribution is -2.35. The number of hydrogen-bond donors (Lipinski definition) is 0. The van der Waals surface area contributed by atoms with Crippen LogP contribution in [0.5, 0.6) is 0 Å². The highest BCUT2D eigenvalue weighted by molar-refractivity contribution is 6.17. The zero-order valence-electron chi connectivity index (χ0n) is 10.9. The van der Waals surface area contributed by atoms with Gasteiger partial charge in [-0.1, -0.05) is 25.5 Å². The zero-order valence-corrected chi connectivity index (χ0v) is 11.6. The molecule has 2 rings (SSSR count). The first-order valence-electron chi connectivity index (χ1n) is 6.65. The van der Waals surface area contributed by atoms with Crippen molar-refractivity contribution in [2.45, 2.75) is 39.0 Å². The van der Waals surface area contributed by atoms with Crippen LogP contribution in [0.4, 0.5) is 5.69 Å². The van der Waals surface area contributed by atoms with Gasteiger partial charge in [-0.25, -0.2) is 0 Å². The Morgan fingerprint density at radius 1 is 1.41 bits per heavy atom. The van der Waals surface area contributed by atoms with Crippen molar-refractivity contribution in [2.75, 3.05) is 18.0 Å². The summed E-state index contributed by atoms with van der Waals surface area (Å²) in [6.45, 7) is 6.92. The van der Waals surface area contributed by atoms with Gasteiger partial charge in [-0.15, -0.1) is 11.6 Å². The highest BCUT2D eigenvalue weighted by Crippen LogP contribution is 2.28. The van der Waals surface area contributed by atoms with Crippen LogP contribution in [0.3, 0.4) is 0 Å². The number of halogens is 1. The summed E-state index contributed by atoms with van der Waals surface area (Å²) in [4.78, 5) is 2.55. The van der Waals surface area contributed by atoms with Gasteiger partial charge in [0.15, 0.2) is 0 Å². The molecule has 94 valence electrons. The highest BCUT2D eigenvalue weighted by Gasteiger charge is 2.19. The Hall–Kier alpha value is -0.690. The molecule has 1 nitrogen and oxygen atoms in total. The molecule has 1 aromatic carbocycles. The number of aryl methyl sites for hydroxylation is 1. The van der Waals surface area contributed by atoms with E-state index in [0.717, 1.165) is 5.92 Å². The van der Waals surface area contributed by atoms with Gasteiger partial charge in [-0.3, -0.25) is 0 Å².